The fourth-order valence-corrected chi connectivity index (χ4v) is 2.90. The fraction of sp³-hybridized carbons (Fsp3) is 0.688. The van der Waals surface area contributed by atoms with Crippen LogP contribution in [0.5, 0.6) is 0 Å². The quantitative estimate of drug-likeness (QED) is 0.726. The third kappa shape index (κ3) is 3.69. The molecule has 0 bridgehead atoms. The molecule has 3 heteroatoms. The van der Waals surface area contributed by atoms with Crippen LogP contribution in [0.4, 0.5) is 0 Å². The van der Waals surface area contributed by atoms with Crippen LogP contribution in [0.15, 0.2) is 23.8 Å². The van der Waals surface area contributed by atoms with E-state index in [9.17, 15) is 9.90 Å². The molecule has 0 aliphatic heterocycles. The summed E-state index contributed by atoms with van der Waals surface area (Å²) in [5.74, 6) is -0.671. The third-order valence-electron chi connectivity index (χ3n) is 3.91. The van der Waals surface area contributed by atoms with Gasteiger partial charge in [-0.2, -0.15) is 0 Å². The Bertz CT molecular complexity index is 357. The number of hydrogen-bond donors (Lipinski definition) is 1. The largest absolute Gasteiger partial charge is 0.481 e. The van der Waals surface area contributed by atoms with Crippen LogP contribution in [-0.2, 0) is 9.53 Å². The van der Waals surface area contributed by atoms with E-state index < -0.39 is 11.4 Å². The van der Waals surface area contributed by atoms with E-state index in [2.05, 4.69) is 13.0 Å². The van der Waals surface area contributed by atoms with Crippen molar-refractivity contribution in [1.29, 1.82) is 0 Å². The Labute approximate surface area is 116 Å². The molecule has 0 saturated carbocycles. The summed E-state index contributed by atoms with van der Waals surface area (Å²) in [5, 5.41) is 9.68. The van der Waals surface area contributed by atoms with Crippen molar-refractivity contribution in [3.05, 3.63) is 23.8 Å². The maximum Gasteiger partial charge on any atom is 0.314 e. The summed E-state index contributed by atoms with van der Waals surface area (Å²) in [6, 6.07) is 0. The van der Waals surface area contributed by atoms with Gasteiger partial charge in [-0.1, -0.05) is 50.5 Å². The number of aliphatic carboxylic acids is 1. The van der Waals surface area contributed by atoms with E-state index in [0.717, 1.165) is 25.7 Å². The monoisotopic (exact) mass is 266 g/mol. The lowest BCUT2D eigenvalue weighted by atomic mass is 9.67. The Morgan fingerprint density at radius 2 is 2.16 bits per heavy atom. The van der Waals surface area contributed by atoms with E-state index >= 15 is 0 Å². The van der Waals surface area contributed by atoms with Crippen LogP contribution < -0.4 is 0 Å². The van der Waals surface area contributed by atoms with Crippen molar-refractivity contribution < 1.29 is 14.6 Å². The number of carbonyl (C=O) groups is 1. The van der Waals surface area contributed by atoms with Crippen LogP contribution in [-0.4, -0.2) is 24.8 Å². The second-order valence-corrected chi connectivity index (χ2v) is 5.31. The van der Waals surface area contributed by atoms with Gasteiger partial charge in [0, 0.05) is 13.7 Å². The molecule has 0 amide bonds. The highest BCUT2D eigenvalue weighted by atomic mass is 16.5. The van der Waals surface area contributed by atoms with Crippen molar-refractivity contribution in [2.45, 2.75) is 46.0 Å². The Balaban J connectivity index is 3.01. The summed E-state index contributed by atoms with van der Waals surface area (Å²) in [7, 11) is 1.66. The number of methoxy groups -OCH3 is 1. The molecule has 1 N–H and O–H groups in total. The van der Waals surface area contributed by atoms with Crippen molar-refractivity contribution in [2.75, 3.05) is 13.7 Å². The van der Waals surface area contributed by atoms with Gasteiger partial charge in [0.05, 0.1) is 5.41 Å². The zero-order valence-electron chi connectivity index (χ0n) is 12.3. The molecule has 1 aliphatic rings. The highest BCUT2D eigenvalue weighted by Crippen LogP contribution is 2.42. The molecule has 108 valence electrons. The minimum absolute atomic E-state index is 0.0384. The van der Waals surface area contributed by atoms with Gasteiger partial charge in [-0.3, -0.25) is 4.79 Å². The van der Waals surface area contributed by atoms with E-state index in [1.807, 2.05) is 19.1 Å². The van der Waals surface area contributed by atoms with Crippen LogP contribution in [0.1, 0.15) is 46.0 Å². The molecule has 1 rings (SSSR count). The zero-order chi connectivity index (χ0) is 14.3. The molecule has 19 heavy (non-hydrogen) atoms. The molecule has 0 aromatic carbocycles. The second-order valence-electron chi connectivity index (χ2n) is 5.31. The van der Waals surface area contributed by atoms with E-state index in [-0.39, 0.29) is 5.92 Å². The zero-order valence-corrected chi connectivity index (χ0v) is 12.3. The average molecular weight is 266 g/mol. The van der Waals surface area contributed by atoms with Gasteiger partial charge in [-0.25, -0.2) is 0 Å². The van der Waals surface area contributed by atoms with Gasteiger partial charge in [-0.15, -0.1) is 0 Å². The normalized spacial score (nSPS) is 26.3. The van der Waals surface area contributed by atoms with Gasteiger partial charge in [0.15, 0.2) is 0 Å². The molecule has 3 nitrogen and oxygen atoms in total. The van der Waals surface area contributed by atoms with Gasteiger partial charge in [0.2, 0.25) is 0 Å². The summed E-state index contributed by atoms with van der Waals surface area (Å²) >= 11 is 0. The third-order valence-corrected chi connectivity index (χ3v) is 3.91. The Kier molecular flexibility index (Phi) is 6.29. The average Bonchev–Trinajstić information content (AvgIpc) is 2.39. The van der Waals surface area contributed by atoms with Crippen molar-refractivity contribution >= 4 is 5.97 Å². The molecule has 0 aromatic heterocycles. The highest BCUT2D eigenvalue weighted by Gasteiger charge is 2.43. The number of carboxylic acid groups (broad SMARTS) is 1. The molecule has 1 aliphatic carbocycles. The summed E-state index contributed by atoms with van der Waals surface area (Å²) in [5.41, 5.74) is 0.515. The van der Waals surface area contributed by atoms with Gasteiger partial charge in [0.1, 0.15) is 0 Å². The van der Waals surface area contributed by atoms with E-state index in [4.69, 9.17) is 4.74 Å². The van der Waals surface area contributed by atoms with Crippen LogP contribution in [0.2, 0.25) is 0 Å². The van der Waals surface area contributed by atoms with Crippen LogP contribution in [0.3, 0.4) is 0 Å². The number of hydrogen-bond acceptors (Lipinski definition) is 2. The minimum Gasteiger partial charge on any atom is -0.481 e. The predicted octanol–water partition coefficient (Wildman–Crippen LogP) is 3.81. The Morgan fingerprint density at radius 1 is 1.42 bits per heavy atom. The first-order chi connectivity index (χ1) is 9.10. The summed E-state index contributed by atoms with van der Waals surface area (Å²) in [6.07, 6.45) is 10.5. The van der Waals surface area contributed by atoms with Crippen molar-refractivity contribution in [2.24, 2.45) is 11.3 Å². The number of rotatable bonds is 8. The van der Waals surface area contributed by atoms with E-state index in [1.165, 1.54) is 5.57 Å². The number of carboxylic acids is 1. The smallest absolute Gasteiger partial charge is 0.314 e. The summed E-state index contributed by atoms with van der Waals surface area (Å²) in [6.45, 7) is 4.79. The van der Waals surface area contributed by atoms with Crippen molar-refractivity contribution in [1.82, 2.24) is 0 Å². The minimum atomic E-state index is -0.746. The highest BCUT2D eigenvalue weighted by molar-refractivity contribution is 5.78. The lowest BCUT2D eigenvalue weighted by molar-refractivity contribution is -0.149. The van der Waals surface area contributed by atoms with Crippen molar-refractivity contribution in [3.63, 3.8) is 0 Å². The number of allylic oxidation sites excluding steroid dienone is 3. The van der Waals surface area contributed by atoms with Crippen LogP contribution >= 0.6 is 0 Å². The van der Waals surface area contributed by atoms with Gasteiger partial charge < -0.3 is 9.84 Å². The maximum absolute atomic E-state index is 11.8. The van der Waals surface area contributed by atoms with Gasteiger partial charge >= 0.3 is 5.97 Å². The molecule has 2 atom stereocenters. The van der Waals surface area contributed by atoms with E-state index in [0.29, 0.717) is 13.0 Å². The molecule has 0 fully saturated rings. The van der Waals surface area contributed by atoms with Crippen molar-refractivity contribution in [3.8, 4) is 0 Å². The summed E-state index contributed by atoms with van der Waals surface area (Å²) < 4.78 is 5.14. The predicted molar refractivity (Wildman–Crippen MR) is 77.1 cm³/mol. The lowest BCUT2D eigenvalue weighted by Gasteiger charge is -2.36. The SMILES string of the molecule is CCCC1=CC(CCOC)C(CCC)(C(=O)O)C=C1. The maximum atomic E-state index is 11.8. The Hall–Kier alpha value is -1.09. The molecule has 2 unspecified atom stereocenters. The van der Waals surface area contributed by atoms with Crippen LogP contribution in [0.25, 0.3) is 0 Å². The molecular formula is C16H26O3. The first-order valence-electron chi connectivity index (χ1n) is 7.23. The van der Waals surface area contributed by atoms with Gasteiger partial charge in [0.25, 0.3) is 0 Å². The second kappa shape index (κ2) is 7.49. The topological polar surface area (TPSA) is 46.5 Å². The van der Waals surface area contributed by atoms with Crippen LogP contribution in [0, 0.1) is 11.3 Å². The molecular weight excluding hydrogens is 240 g/mol. The molecule has 0 aromatic rings. The fourth-order valence-electron chi connectivity index (χ4n) is 2.90. The first kappa shape index (κ1) is 16.0. The van der Waals surface area contributed by atoms with E-state index in [1.54, 1.807) is 7.11 Å². The molecule has 0 saturated heterocycles. The standard InChI is InChI=1S/C16H26O3/c1-4-6-13-7-10-16(9-5-2,15(17)18)14(12-13)8-11-19-3/h7,10,12,14H,4-6,8-9,11H2,1-3H3,(H,17,18). The molecule has 0 heterocycles. The lowest BCUT2D eigenvalue weighted by Crippen LogP contribution is -2.38. The van der Waals surface area contributed by atoms with Gasteiger partial charge in [-0.05, 0) is 25.2 Å². The first-order valence-corrected chi connectivity index (χ1v) is 7.23. The molecule has 0 spiro atoms. The summed E-state index contributed by atoms with van der Waals surface area (Å²) in [4.78, 5) is 11.8. The Morgan fingerprint density at radius 3 is 2.68 bits per heavy atom. The number of ether oxygens (including phenoxy) is 1. The molecule has 0 radical (unpaired) electrons.